The molecule has 6 nitrogen and oxygen atoms in total. The van der Waals surface area contributed by atoms with Gasteiger partial charge in [-0.15, -0.1) is 0 Å². The molecule has 2 aromatic heterocycles. The van der Waals surface area contributed by atoms with Gasteiger partial charge in [-0.3, -0.25) is 10.1 Å². The van der Waals surface area contributed by atoms with Crippen LogP contribution in [0.1, 0.15) is 0 Å². The summed E-state index contributed by atoms with van der Waals surface area (Å²) in [6.07, 6.45) is 1.61. The van der Waals surface area contributed by atoms with Crippen LogP contribution < -0.4 is 5.73 Å². The first-order valence-electron chi connectivity index (χ1n) is 4.76. The molecule has 0 unspecified atom stereocenters. The summed E-state index contributed by atoms with van der Waals surface area (Å²) in [6.45, 7) is 0. The number of anilines is 1. The first-order valence-corrected chi connectivity index (χ1v) is 6.37. The fraction of sp³-hybridized carbons (Fsp3) is 0. The number of aromatic nitrogens is 2. The van der Waals surface area contributed by atoms with Gasteiger partial charge in [-0.1, -0.05) is 0 Å². The number of hydrogen-bond acceptors (Lipinski definition) is 6. The minimum Gasteiger partial charge on any atom is -0.384 e. The number of halogens is 1. The molecule has 0 aliphatic carbocycles. The van der Waals surface area contributed by atoms with E-state index in [1.807, 2.05) is 0 Å². The molecule has 2 aromatic rings. The number of pyridine rings is 2. The van der Waals surface area contributed by atoms with E-state index >= 15 is 0 Å². The van der Waals surface area contributed by atoms with Crippen molar-refractivity contribution in [1.82, 2.24) is 9.97 Å². The molecule has 0 radical (unpaired) electrons. The lowest BCUT2D eigenvalue weighted by Gasteiger charge is -2.02. The standard InChI is InChI=1S/C10H7BrN4O2S/c11-6-1-4-9(13-5-6)18-10-7(15(16)17)2-3-8(12)14-10/h1-5H,(H2,12,14). The highest BCUT2D eigenvalue weighted by Gasteiger charge is 2.17. The van der Waals surface area contributed by atoms with Gasteiger partial charge in [-0.2, -0.15) is 0 Å². The van der Waals surface area contributed by atoms with Gasteiger partial charge in [-0.25, -0.2) is 9.97 Å². The van der Waals surface area contributed by atoms with E-state index in [9.17, 15) is 10.1 Å². The number of nitro groups is 1. The maximum absolute atomic E-state index is 10.9. The van der Waals surface area contributed by atoms with Crippen LogP contribution >= 0.6 is 27.7 Å². The van der Waals surface area contributed by atoms with Gasteiger partial charge < -0.3 is 5.73 Å². The molecule has 0 fully saturated rings. The Labute approximate surface area is 115 Å². The molecule has 0 saturated heterocycles. The van der Waals surface area contributed by atoms with Gasteiger partial charge in [-0.05, 0) is 45.9 Å². The molecule has 0 aliphatic rings. The van der Waals surface area contributed by atoms with Gasteiger partial charge >= 0.3 is 5.69 Å². The fourth-order valence-corrected chi connectivity index (χ4v) is 2.26. The third-order valence-corrected chi connectivity index (χ3v) is 3.37. The number of hydrogen-bond donors (Lipinski definition) is 1. The normalized spacial score (nSPS) is 10.3. The van der Waals surface area contributed by atoms with Crippen LogP contribution in [-0.4, -0.2) is 14.9 Å². The third-order valence-electron chi connectivity index (χ3n) is 1.96. The zero-order chi connectivity index (χ0) is 13.1. The second-order valence-corrected chi connectivity index (χ2v) is 5.16. The number of rotatable bonds is 3. The lowest BCUT2D eigenvalue weighted by Crippen LogP contribution is -1.97. The number of nitrogens with two attached hydrogens (primary N) is 1. The molecule has 0 amide bonds. The zero-order valence-electron chi connectivity index (χ0n) is 8.91. The summed E-state index contributed by atoms with van der Waals surface area (Å²) in [4.78, 5) is 18.4. The van der Waals surface area contributed by atoms with Crippen molar-refractivity contribution in [3.8, 4) is 0 Å². The van der Waals surface area contributed by atoms with Gasteiger partial charge in [0.25, 0.3) is 0 Å². The summed E-state index contributed by atoms with van der Waals surface area (Å²) in [5.41, 5.74) is 5.45. The molecule has 0 aliphatic heterocycles. The topological polar surface area (TPSA) is 94.9 Å². The van der Waals surface area contributed by atoms with Crippen LogP contribution in [0, 0.1) is 10.1 Å². The predicted octanol–water partition coefficient (Wildman–Crippen LogP) is 2.88. The second kappa shape index (κ2) is 5.32. The third kappa shape index (κ3) is 2.96. The smallest absolute Gasteiger partial charge is 0.301 e. The van der Waals surface area contributed by atoms with Crippen LogP contribution in [0.25, 0.3) is 0 Å². The Bertz CT molecular complexity index is 591. The van der Waals surface area contributed by atoms with E-state index in [1.54, 1.807) is 18.3 Å². The first-order chi connectivity index (χ1) is 8.56. The Morgan fingerprint density at radius 2 is 2.11 bits per heavy atom. The SMILES string of the molecule is Nc1ccc([N+](=O)[O-])c(Sc2ccc(Br)cn2)n1. The summed E-state index contributed by atoms with van der Waals surface area (Å²) in [7, 11) is 0. The van der Waals surface area contributed by atoms with E-state index in [1.165, 1.54) is 12.1 Å². The molecular formula is C10H7BrN4O2S. The van der Waals surface area contributed by atoms with E-state index in [0.717, 1.165) is 16.2 Å². The maximum Gasteiger partial charge on any atom is 0.301 e. The minimum absolute atomic E-state index is 0.0843. The molecule has 2 N–H and O–H groups in total. The van der Waals surface area contributed by atoms with Crippen LogP contribution in [0.5, 0.6) is 0 Å². The molecule has 2 heterocycles. The maximum atomic E-state index is 10.9. The summed E-state index contributed by atoms with van der Waals surface area (Å²) in [6, 6.07) is 6.28. The Morgan fingerprint density at radius 3 is 2.72 bits per heavy atom. The Hall–Kier alpha value is -1.67. The first kappa shape index (κ1) is 12.8. The van der Waals surface area contributed by atoms with E-state index in [2.05, 4.69) is 25.9 Å². The van der Waals surface area contributed by atoms with Gasteiger partial charge in [0.05, 0.1) is 4.92 Å². The van der Waals surface area contributed by atoms with Crippen molar-refractivity contribution in [3.63, 3.8) is 0 Å². The highest BCUT2D eigenvalue weighted by atomic mass is 79.9. The average molecular weight is 327 g/mol. The van der Waals surface area contributed by atoms with Crippen molar-refractivity contribution >= 4 is 39.2 Å². The van der Waals surface area contributed by atoms with Crippen LogP contribution in [0.2, 0.25) is 0 Å². The average Bonchev–Trinajstić information content (AvgIpc) is 2.32. The zero-order valence-corrected chi connectivity index (χ0v) is 11.3. The second-order valence-electron chi connectivity index (χ2n) is 3.23. The monoisotopic (exact) mass is 326 g/mol. The van der Waals surface area contributed by atoms with Crippen molar-refractivity contribution in [3.05, 3.63) is 45.0 Å². The largest absolute Gasteiger partial charge is 0.384 e. The van der Waals surface area contributed by atoms with Crippen LogP contribution in [-0.2, 0) is 0 Å². The van der Waals surface area contributed by atoms with E-state index in [-0.39, 0.29) is 16.5 Å². The Kier molecular flexibility index (Phi) is 3.78. The molecule has 92 valence electrons. The number of nitrogens with zero attached hydrogens (tertiary/aromatic N) is 3. The fourth-order valence-electron chi connectivity index (χ4n) is 1.18. The molecule has 18 heavy (non-hydrogen) atoms. The van der Waals surface area contributed by atoms with Gasteiger partial charge in [0, 0.05) is 16.7 Å². The molecular weight excluding hydrogens is 320 g/mol. The van der Waals surface area contributed by atoms with Crippen LogP contribution in [0.3, 0.4) is 0 Å². The van der Waals surface area contributed by atoms with Crippen molar-refractivity contribution in [2.24, 2.45) is 0 Å². The van der Waals surface area contributed by atoms with E-state index in [0.29, 0.717) is 5.03 Å². The lowest BCUT2D eigenvalue weighted by atomic mass is 10.4. The van der Waals surface area contributed by atoms with Crippen molar-refractivity contribution < 1.29 is 4.92 Å². The summed E-state index contributed by atoms with van der Waals surface area (Å²) in [5, 5.41) is 11.7. The van der Waals surface area contributed by atoms with Crippen molar-refractivity contribution in [1.29, 1.82) is 0 Å². The number of nitrogen functional groups attached to an aromatic ring is 1. The molecule has 0 saturated carbocycles. The van der Waals surface area contributed by atoms with Gasteiger partial charge in [0.2, 0.25) is 0 Å². The lowest BCUT2D eigenvalue weighted by molar-refractivity contribution is -0.388. The van der Waals surface area contributed by atoms with E-state index in [4.69, 9.17) is 5.73 Å². The Morgan fingerprint density at radius 1 is 1.33 bits per heavy atom. The minimum atomic E-state index is -0.492. The summed E-state index contributed by atoms with van der Waals surface area (Å²) >= 11 is 4.37. The van der Waals surface area contributed by atoms with Crippen molar-refractivity contribution in [2.45, 2.75) is 10.1 Å². The highest BCUT2D eigenvalue weighted by molar-refractivity contribution is 9.10. The molecule has 0 aromatic carbocycles. The van der Waals surface area contributed by atoms with Gasteiger partial charge in [0.15, 0.2) is 5.03 Å². The molecule has 0 spiro atoms. The predicted molar refractivity (Wildman–Crippen MR) is 71.4 cm³/mol. The summed E-state index contributed by atoms with van der Waals surface area (Å²) in [5.74, 6) is 0.236. The molecule has 0 atom stereocenters. The summed E-state index contributed by atoms with van der Waals surface area (Å²) < 4.78 is 0.835. The van der Waals surface area contributed by atoms with Crippen LogP contribution in [0.4, 0.5) is 11.5 Å². The van der Waals surface area contributed by atoms with Gasteiger partial charge in [0.1, 0.15) is 10.8 Å². The quantitative estimate of drug-likeness (QED) is 0.688. The Balaban J connectivity index is 2.35. The molecule has 0 bridgehead atoms. The highest BCUT2D eigenvalue weighted by Crippen LogP contribution is 2.32. The molecule has 8 heteroatoms. The van der Waals surface area contributed by atoms with Crippen LogP contribution in [0.15, 0.2) is 45.0 Å². The van der Waals surface area contributed by atoms with Crippen molar-refractivity contribution in [2.75, 3.05) is 5.73 Å². The van der Waals surface area contributed by atoms with E-state index < -0.39 is 4.92 Å². The molecule has 2 rings (SSSR count).